The molecule has 0 atom stereocenters. The summed E-state index contributed by atoms with van der Waals surface area (Å²) in [4.78, 5) is 14.6. The van der Waals surface area contributed by atoms with E-state index in [-0.39, 0.29) is 23.2 Å². The molecule has 2 aromatic carbocycles. The summed E-state index contributed by atoms with van der Waals surface area (Å²) < 4.78 is 33.7. The van der Waals surface area contributed by atoms with Crippen LogP contribution < -0.4 is 9.64 Å². The lowest BCUT2D eigenvalue weighted by atomic mass is 10.1. The maximum Gasteiger partial charge on any atom is 0.228 e. The third-order valence-corrected chi connectivity index (χ3v) is 8.64. The molecule has 0 aliphatic carbocycles. The maximum atomic E-state index is 13.2. The largest absolute Gasteiger partial charge is 0.495 e. The Hall–Kier alpha value is -3.21. The fourth-order valence-electron chi connectivity index (χ4n) is 4.03. The zero-order valence-corrected chi connectivity index (χ0v) is 21.8. The number of rotatable bonds is 9. The van der Waals surface area contributed by atoms with E-state index >= 15 is 0 Å². The normalized spacial score (nSPS) is 13.6. The highest BCUT2D eigenvalue weighted by molar-refractivity contribution is 7.90. The number of sulfone groups is 1. The number of nitrogens with zero attached hydrogens (tertiary/aromatic N) is 4. The number of β-lactam (4-membered cyclic amide) rings is 1. The van der Waals surface area contributed by atoms with Crippen molar-refractivity contribution in [3.05, 3.63) is 76.4 Å². The monoisotopic (exact) mass is 542 g/mol. The van der Waals surface area contributed by atoms with Crippen LogP contribution in [0.25, 0.3) is 16.4 Å². The minimum absolute atomic E-state index is 0.0401. The van der Waals surface area contributed by atoms with Crippen LogP contribution in [0.2, 0.25) is 5.02 Å². The predicted octanol–water partition coefficient (Wildman–Crippen LogP) is 4.55. The van der Waals surface area contributed by atoms with Gasteiger partial charge in [-0.05, 0) is 53.8 Å². The quantitative estimate of drug-likeness (QED) is 0.288. The van der Waals surface area contributed by atoms with E-state index in [0.717, 1.165) is 10.4 Å². The van der Waals surface area contributed by atoms with Gasteiger partial charge in [-0.3, -0.25) is 9.36 Å². The lowest BCUT2D eigenvalue weighted by molar-refractivity contribution is -0.122. The van der Waals surface area contributed by atoms with Crippen LogP contribution in [0.1, 0.15) is 17.8 Å². The molecule has 0 saturated carbocycles. The molecule has 1 aliphatic heterocycles. The summed E-state index contributed by atoms with van der Waals surface area (Å²) in [5.41, 5.74) is 2.17. The van der Waals surface area contributed by atoms with Crippen molar-refractivity contribution >= 4 is 44.4 Å². The smallest absolute Gasteiger partial charge is 0.228 e. The van der Waals surface area contributed by atoms with Crippen molar-refractivity contribution in [1.29, 1.82) is 0 Å². The molecular formula is C25H23ClN4O4S2. The Labute approximate surface area is 218 Å². The number of hydrogen-bond acceptors (Lipinski definition) is 7. The lowest BCUT2D eigenvalue weighted by Gasteiger charge is -2.31. The molecule has 1 saturated heterocycles. The summed E-state index contributed by atoms with van der Waals surface area (Å²) in [7, 11) is -1.99. The van der Waals surface area contributed by atoms with Crippen LogP contribution >= 0.6 is 22.9 Å². The van der Waals surface area contributed by atoms with Gasteiger partial charge in [0.25, 0.3) is 0 Å². The molecule has 3 heterocycles. The summed E-state index contributed by atoms with van der Waals surface area (Å²) in [6.45, 7) is 0.635. The number of thiophene rings is 1. The van der Waals surface area contributed by atoms with E-state index in [0.29, 0.717) is 47.4 Å². The van der Waals surface area contributed by atoms with Crippen LogP contribution in [-0.4, -0.2) is 48.5 Å². The van der Waals surface area contributed by atoms with Gasteiger partial charge in [0.2, 0.25) is 5.91 Å². The minimum atomic E-state index is -3.54. The van der Waals surface area contributed by atoms with Crippen molar-refractivity contribution in [2.45, 2.75) is 18.6 Å². The molecule has 0 unspecified atom stereocenters. The fourth-order valence-corrected chi connectivity index (χ4v) is 6.13. The molecular weight excluding hydrogens is 520 g/mol. The maximum absolute atomic E-state index is 13.2. The minimum Gasteiger partial charge on any atom is -0.495 e. The molecule has 1 amide bonds. The molecule has 4 aromatic rings. The van der Waals surface area contributed by atoms with Gasteiger partial charge >= 0.3 is 0 Å². The van der Waals surface area contributed by atoms with Crippen LogP contribution in [-0.2, 0) is 26.8 Å². The summed E-state index contributed by atoms with van der Waals surface area (Å²) >= 11 is 7.41. The van der Waals surface area contributed by atoms with Gasteiger partial charge in [0.05, 0.1) is 23.4 Å². The average Bonchev–Trinajstić information content (AvgIpc) is 3.52. The third kappa shape index (κ3) is 5.02. The summed E-state index contributed by atoms with van der Waals surface area (Å²) in [5.74, 6) is 1.00. The molecule has 0 N–H and O–H groups in total. The van der Waals surface area contributed by atoms with Crippen molar-refractivity contribution < 1.29 is 17.9 Å². The van der Waals surface area contributed by atoms with E-state index < -0.39 is 9.84 Å². The third-order valence-electron chi connectivity index (χ3n) is 6.00. The van der Waals surface area contributed by atoms with Gasteiger partial charge in [-0.25, -0.2) is 8.42 Å². The molecule has 0 radical (unpaired) electrons. The summed E-state index contributed by atoms with van der Waals surface area (Å²) in [6.07, 6.45) is 0.868. The Bertz CT molecular complexity index is 1500. The second-order valence-electron chi connectivity index (χ2n) is 8.37. The number of aromatic nitrogens is 3. The number of hydrogen-bond donors (Lipinski definition) is 0. The molecule has 0 spiro atoms. The van der Waals surface area contributed by atoms with E-state index in [2.05, 4.69) is 10.2 Å². The molecule has 8 nitrogen and oxygen atoms in total. The first-order chi connectivity index (χ1) is 17.3. The molecule has 2 aromatic heterocycles. The van der Waals surface area contributed by atoms with Crippen LogP contribution in [0.15, 0.2) is 60.0 Å². The number of amides is 1. The predicted molar refractivity (Wildman–Crippen MR) is 141 cm³/mol. The zero-order chi connectivity index (χ0) is 25.3. The van der Waals surface area contributed by atoms with Crippen LogP contribution in [0.3, 0.4) is 0 Å². The van der Waals surface area contributed by atoms with Crippen LogP contribution in [0, 0.1) is 0 Å². The van der Waals surface area contributed by atoms with Gasteiger partial charge in [-0.2, -0.15) is 0 Å². The number of methoxy groups -OCH3 is 1. The molecule has 36 heavy (non-hydrogen) atoms. The van der Waals surface area contributed by atoms with Crippen molar-refractivity contribution in [2.75, 3.05) is 24.3 Å². The number of carbonyl (C=O) groups is 1. The second-order valence-corrected chi connectivity index (χ2v) is 11.9. The number of benzene rings is 2. The van der Waals surface area contributed by atoms with Crippen molar-refractivity contribution in [1.82, 2.24) is 14.8 Å². The van der Waals surface area contributed by atoms with Gasteiger partial charge < -0.3 is 9.64 Å². The first-order valence-corrected chi connectivity index (χ1v) is 14.3. The Morgan fingerprint density at radius 1 is 1.11 bits per heavy atom. The highest BCUT2D eigenvalue weighted by Gasteiger charge is 2.28. The van der Waals surface area contributed by atoms with Crippen molar-refractivity contribution in [3.8, 4) is 22.1 Å². The van der Waals surface area contributed by atoms with E-state index in [1.807, 2.05) is 41.8 Å². The van der Waals surface area contributed by atoms with Crippen molar-refractivity contribution in [2.24, 2.45) is 0 Å². The molecule has 11 heteroatoms. The van der Waals surface area contributed by atoms with Gasteiger partial charge in [-0.1, -0.05) is 29.8 Å². The molecule has 186 valence electrons. The van der Waals surface area contributed by atoms with Crippen molar-refractivity contribution in [3.63, 3.8) is 0 Å². The second kappa shape index (κ2) is 10.0. The molecule has 5 rings (SSSR count). The van der Waals surface area contributed by atoms with E-state index in [1.165, 1.54) is 11.3 Å². The summed E-state index contributed by atoms with van der Waals surface area (Å²) in [6, 6.07) is 16.3. The summed E-state index contributed by atoms with van der Waals surface area (Å²) in [5, 5.41) is 11.2. The number of halogens is 1. The van der Waals surface area contributed by atoms with Crippen LogP contribution in [0.4, 0.5) is 5.69 Å². The van der Waals surface area contributed by atoms with E-state index in [9.17, 15) is 13.2 Å². The number of aryl methyl sites for hydroxylation is 1. The van der Waals surface area contributed by atoms with Crippen LogP contribution in [0.5, 0.6) is 5.75 Å². The highest BCUT2D eigenvalue weighted by atomic mass is 35.5. The lowest BCUT2D eigenvalue weighted by Crippen LogP contribution is -2.43. The van der Waals surface area contributed by atoms with Gasteiger partial charge in [0.15, 0.2) is 21.5 Å². The SMILES string of the molecule is COc1ccc(N2CCC2=O)cc1-n1c(CS(=O)(=O)CCc2ccc(Cl)cc2)nnc1-c1cccs1. The Kier molecular flexibility index (Phi) is 6.83. The Morgan fingerprint density at radius 3 is 2.56 bits per heavy atom. The van der Waals surface area contributed by atoms with Gasteiger partial charge in [-0.15, -0.1) is 21.5 Å². The Morgan fingerprint density at radius 2 is 1.92 bits per heavy atom. The topological polar surface area (TPSA) is 94.4 Å². The molecule has 1 fully saturated rings. The number of anilines is 1. The molecule has 0 bridgehead atoms. The Balaban J connectivity index is 1.53. The van der Waals surface area contributed by atoms with E-state index in [1.54, 1.807) is 34.8 Å². The van der Waals surface area contributed by atoms with Gasteiger partial charge in [0.1, 0.15) is 11.5 Å². The fraction of sp³-hybridized carbons (Fsp3) is 0.240. The van der Waals surface area contributed by atoms with E-state index in [4.69, 9.17) is 16.3 Å². The zero-order valence-electron chi connectivity index (χ0n) is 19.4. The molecule has 1 aliphatic rings. The first-order valence-electron chi connectivity index (χ1n) is 11.3. The average molecular weight is 543 g/mol. The standard InChI is InChI=1S/C25H23ClN4O4S2/c1-34-21-9-8-19(29-12-10-24(29)31)15-20(21)30-23(27-28-25(30)22-3-2-13-35-22)16-36(32,33)14-11-17-4-6-18(26)7-5-17/h2-9,13,15H,10-12,14,16H2,1H3. The number of ether oxygens (including phenoxy) is 1. The van der Waals surface area contributed by atoms with Gasteiger partial charge in [0, 0.05) is 23.7 Å². The first kappa shape index (κ1) is 24.5. The number of carbonyl (C=O) groups excluding carboxylic acids is 1. The highest BCUT2D eigenvalue weighted by Crippen LogP contribution is 2.35.